The Hall–Kier alpha value is -4.06. The zero-order chi connectivity index (χ0) is 29.7. The van der Waals surface area contributed by atoms with Crippen molar-refractivity contribution in [3.8, 4) is 17.2 Å². The maximum Gasteiger partial charge on any atom is 0.321 e. The van der Waals surface area contributed by atoms with Crippen LogP contribution < -0.4 is 4.74 Å². The standard InChI is InChI=1S/C31H32FN3O6S/c1-22-27(33-30(41-22)24-7-3-2-4-8-24)15-20-40-25-13-11-23(12-14-25)21-28(31(36)37)34-16-18-35(19-17-34)42(38,39)29-10-6-5-9-26(29)32/h2-14,28H,15-21H2,1H3,(H,36,37)/t28-/m0/s1. The Morgan fingerprint density at radius 2 is 1.67 bits per heavy atom. The summed E-state index contributed by atoms with van der Waals surface area (Å²) in [7, 11) is -4.00. The minimum absolute atomic E-state index is 0.0745. The number of carbonyl (C=O) groups is 1. The van der Waals surface area contributed by atoms with Crippen molar-refractivity contribution in [2.24, 2.45) is 0 Å². The Labute approximate surface area is 244 Å². The van der Waals surface area contributed by atoms with E-state index in [1.165, 1.54) is 22.5 Å². The predicted octanol–water partition coefficient (Wildman–Crippen LogP) is 4.41. The number of aryl methyl sites for hydroxylation is 1. The van der Waals surface area contributed by atoms with Gasteiger partial charge < -0.3 is 14.3 Å². The third kappa shape index (κ3) is 6.70. The van der Waals surface area contributed by atoms with Crippen LogP contribution in [0, 0.1) is 12.7 Å². The van der Waals surface area contributed by atoms with Crippen LogP contribution in [0.3, 0.4) is 0 Å². The number of halogens is 1. The largest absolute Gasteiger partial charge is 0.493 e. The molecule has 5 rings (SSSR count). The number of aromatic nitrogens is 1. The fourth-order valence-corrected chi connectivity index (χ4v) is 6.48. The molecule has 1 atom stereocenters. The molecule has 3 aromatic carbocycles. The summed E-state index contributed by atoms with van der Waals surface area (Å²) in [5.41, 5.74) is 2.56. The summed E-state index contributed by atoms with van der Waals surface area (Å²) in [4.78, 5) is 18.1. The van der Waals surface area contributed by atoms with Crippen molar-refractivity contribution in [3.63, 3.8) is 0 Å². The maximum atomic E-state index is 14.1. The number of ether oxygens (including phenoxy) is 1. The molecule has 0 aliphatic carbocycles. The lowest BCUT2D eigenvalue weighted by molar-refractivity contribution is -0.143. The van der Waals surface area contributed by atoms with Gasteiger partial charge in [-0.1, -0.05) is 42.5 Å². The molecule has 1 aliphatic rings. The minimum Gasteiger partial charge on any atom is -0.493 e. The van der Waals surface area contributed by atoms with Gasteiger partial charge in [-0.15, -0.1) is 0 Å². The van der Waals surface area contributed by atoms with Crippen LogP contribution in [0.5, 0.6) is 5.75 Å². The first-order chi connectivity index (χ1) is 20.2. The quantitative estimate of drug-likeness (QED) is 0.272. The molecule has 0 unspecified atom stereocenters. The van der Waals surface area contributed by atoms with Gasteiger partial charge in [0.1, 0.15) is 28.3 Å². The second-order valence-corrected chi connectivity index (χ2v) is 12.0. The third-order valence-corrected chi connectivity index (χ3v) is 9.26. The van der Waals surface area contributed by atoms with Crippen LogP contribution in [0.2, 0.25) is 0 Å². The molecule has 1 N–H and O–H groups in total. The number of hydrogen-bond acceptors (Lipinski definition) is 7. The highest BCUT2D eigenvalue weighted by molar-refractivity contribution is 7.89. The predicted molar refractivity (Wildman–Crippen MR) is 154 cm³/mol. The molecule has 1 fully saturated rings. The summed E-state index contributed by atoms with van der Waals surface area (Å²) in [5.74, 6) is 0.188. The molecule has 1 saturated heterocycles. The van der Waals surface area contributed by atoms with Crippen molar-refractivity contribution in [2.45, 2.75) is 30.7 Å². The van der Waals surface area contributed by atoms with Gasteiger partial charge in [0, 0.05) is 38.2 Å². The first-order valence-electron chi connectivity index (χ1n) is 13.7. The minimum atomic E-state index is -4.00. The molecule has 0 saturated carbocycles. The Morgan fingerprint density at radius 3 is 2.33 bits per heavy atom. The summed E-state index contributed by atoms with van der Waals surface area (Å²) in [5, 5.41) is 9.94. The van der Waals surface area contributed by atoms with Gasteiger partial charge in [-0.25, -0.2) is 17.8 Å². The van der Waals surface area contributed by atoms with Crippen LogP contribution >= 0.6 is 0 Å². The number of carboxylic acids is 1. The van der Waals surface area contributed by atoms with Crippen molar-refractivity contribution in [2.75, 3.05) is 32.8 Å². The summed E-state index contributed by atoms with van der Waals surface area (Å²) in [6.07, 6.45) is 0.819. The number of oxazole rings is 1. The molecule has 0 spiro atoms. The van der Waals surface area contributed by atoms with Gasteiger partial charge >= 0.3 is 5.97 Å². The van der Waals surface area contributed by atoms with Gasteiger partial charge in [-0.05, 0) is 55.3 Å². The van der Waals surface area contributed by atoms with Crippen LogP contribution in [0.15, 0.2) is 88.2 Å². The molecule has 2 heterocycles. The highest BCUT2D eigenvalue weighted by atomic mass is 32.2. The number of nitrogens with zero attached hydrogens (tertiary/aromatic N) is 3. The Bertz CT molecular complexity index is 1620. The van der Waals surface area contributed by atoms with E-state index in [9.17, 15) is 22.7 Å². The van der Waals surface area contributed by atoms with Crippen LogP contribution in [-0.2, 0) is 27.7 Å². The van der Waals surface area contributed by atoms with E-state index >= 15 is 0 Å². The molecule has 0 bridgehead atoms. The number of sulfonamides is 1. The highest BCUT2D eigenvalue weighted by Crippen LogP contribution is 2.24. The van der Waals surface area contributed by atoms with Crippen LogP contribution in [0.4, 0.5) is 4.39 Å². The van der Waals surface area contributed by atoms with E-state index in [2.05, 4.69) is 4.98 Å². The molecule has 220 valence electrons. The average molecular weight is 594 g/mol. The van der Waals surface area contributed by atoms with Gasteiger partial charge in [-0.3, -0.25) is 9.69 Å². The number of aliphatic carboxylic acids is 1. The second kappa shape index (κ2) is 12.8. The van der Waals surface area contributed by atoms with Crippen molar-refractivity contribution in [1.29, 1.82) is 0 Å². The van der Waals surface area contributed by atoms with Gasteiger partial charge in [0.15, 0.2) is 0 Å². The topological polar surface area (TPSA) is 113 Å². The third-order valence-electron chi connectivity index (χ3n) is 7.33. The molecule has 42 heavy (non-hydrogen) atoms. The van der Waals surface area contributed by atoms with E-state index in [1.807, 2.05) is 49.4 Å². The van der Waals surface area contributed by atoms with Gasteiger partial charge in [0.25, 0.3) is 0 Å². The summed E-state index contributed by atoms with van der Waals surface area (Å²) in [6.45, 7) is 2.87. The molecule has 0 amide bonds. The lowest BCUT2D eigenvalue weighted by atomic mass is 10.0. The molecular formula is C31H32FN3O6S. The number of benzene rings is 3. The fourth-order valence-electron chi connectivity index (χ4n) is 5.00. The highest BCUT2D eigenvalue weighted by Gasteiger charge is 2.34. The summed E-state index contributed by atoms with van der Waals surface area (Å²) in [6, 6.07) is 21.4. The lowest BCUT2D eigenvalue weighted by Crippen LogP contribution is -2.54. The number of hydrogen-bond donors (Lipinski definition) is 1. The lowest BCUT2D eigenvalue weighted by Gasteiger charge is -2.37. The van der Waals surface area contributed by atoms with Gasteiger partial charge in [0.05, 0.1) is 12.3 Å². The summed E-state index contributed by atoms with van der Waals surface area (Å²) >= 11 is 0. The van der Waals surface area contributed by atoms with E-state index in [4.69, 9.17) is 9.15 Å². The Balaban J connectivity index is 1.14. The normalized spacial score (nSPS) is 15.4. The first-order valence-corrected chi connectivity index (χ1v) is 15.1. The van der Waals surface area contributed by atoms with Crippen molar-refractivity contribution in [3.05, 3.63) is 102 Å². The number of piperazine rings is 1. The van der Waals surface area contributed by atoms with E-state index in [0.717, 1.165) is 28.6 Å². The Morgan fingerprint density at radius 1 is 1.00 bits per heavy atom. The van der Waals surface area contributed by atoms with Crippen molar-refractivity contribution in [1.82, 2.24) is 14.2 Å². The van der Waals surface area contributed by atoms with Crippen LogP contribution in [-0.4, -0.2) is 72.5 Å². The molecular weight excluding hydrogens is 561 g/mol. The SMILES string of the molecule is Cc1oc(-c2ccccc2)nc1CCOc1ccc(C[C@@H](C(=O)O)N2CCN(S(=O)(=O)c3ccccc3F)CC2)cc1. The molecule has 1 aromatic heterocycles. The maximum absolute atomic E-state index is 14.1. The van der Waals surface area contributed by atoms with Gasteiger partial charge in [0.2, 0.25) is 15.9 Å². The Kier molecular flexibility index (Phi) is 9.00. The molecule has 11 heteroatoms. The summed E-state index contributed by atoms with van der Waals surface area (Å²) < 4.78 is 52.8. The molecule has 9 nitrogen and oxygen atoms in total. The van der Waals surface area contributed by atoms with E-state index < -0.39 is 27.9 Å². The molecule has 0 radical (unpaired) electrons. The van der Waals surface area contributed by atoms with Crippen LogP contribution in [0.25, 0.3) is 11.5 Å². The zero-order valence-electron chi connectivity index (χ0n) is 23.1. The van der Waals surface area contributed by atoms with Gasteiger partial charge in [-0.2, -0.15) is 4.31 Å². The monoisotopic (exact) mass is 593 g/mol. The number of rotatable bonds is 11. The van der Waals surface area contributed by atoms with E-state index in [0.29, 0.717) is 24.7 Å². The average Bonchev–Trinajstić information content (AvgIpc) is 3.37. The smallest absolute Gasteiger partial charge is 0.321 e. The van der Waals surface area contributed by atoms with Crippen molar-refractivity contribution >= 4 is 16.0 Å². The molecule has 1 aliphatic heterocycles. The fraction of sp³-hybridized carbons (Fsp3) is 0.290. The van der Waals surface area contributed by atoms with Crippen molar-refractivity contribution < 1.29 is 31.9 Å². The number of carboxylic acid groups (broad SMARTS) is 1. The second-order valence-electron chi connectivity index (χ2n) is 10.1. The van der Waals surface area contributed by atoms with E-state index in [1.54, 1.807) is 17.0 Å². The first kappa shape index (κ1) is 29.4. The van der Waals surface area contributed by atoms with Crippen LogP contribution in [0.1, 0.15) is 17.0 Å². The zero-order valence-corrected chi connectivity index (χ0v) is 24.0. The molecule has 4 aromatic rings. The van der Waals surface area contributed by atoms with E-state index in [-0.39, 0.29) is 37.5 Å².